The predicted octanol–water partition coefficient (Wildman–Crippen LogP) is 3.56. The van der Waals surface area contributed by atoms with Crippen LogP contribution < -0.4 is 14.8 Å². The van der Waals surface area contributed by atoms with Crippen LogP contribution in [-0.2, 0) is 4.79 Å². The molecule has 4 heteroatoms. The Morgan fingerprint density at radius 1 is 1.09 bits per heavy atom. The van der Waals surface area contributed by atoms with Crippen LogP contribution in [0.5, 0.6) is 11.5 Å². The molecule has 2 rings (SSSR count). The van der Waals surface area contributed by atoms with Crippen molar-refractivity contribution in [2.45, 2.75) is 44.6 Å². The topological polar surface area (TPSA) is 47.6 Å². The molecule has 120 valence electrons. The molecule has 1 aliphatic rings. The van der Waals surface area contributed by atoms with Crippen LogP contribution in [0.25, 0.3) is 6.08 Å². The van der Waals surface area contributed by atoms with Crippen LogP contribution in [0.3, 0.4) is 0 Å². The van der Waals surface area contributed by atoms with Gasteiger partial charge in [-0.15, -0.1) is 0 Å². The summed E-state index contributed by atoms with van der Waals surface area (Å²) in [7, 11) is 3.22. The Morgan fingerprint density at radius 2 is 1.68 bits per heavy atom. The zero-order valence-corrected chi connectivity index (χ0v) is 13.4. The van der Waals surface area contributed by atoms with Gasteiger partial charge in [0.15, 0.2) is 0 Å². The molecule has 0 spiro atoms. The Bertz CT molecular complexity index is 495. The second kappa shape index (κ2) is 8.47. The minimum absolute atomic E-state index is 0.0557. The van der Waals surface area contributed by atoms with E-state index in [9.17, 15) is 4.79 Å². The number of hydrogen-bond acceptors (Lipinski definition) is 3. The van der Waals surface area contributed by atoms with Crippen LogP contribution in [0, 0.1) is 0 Å². The van der Waals surface area contributed by atoms with Crippen molar-refractivity contribution >= 4 is 12.0 Å². The first-order chi connectivity index (χ1) is 10.7. The third kappa shape index (κ3) is 4.52. The molecule has 0 aromatic heterocycles. The summed E-state index contributed by atoms with van der Waals surface area (Å²) in [6.07, 6.45) is 10.4. The molecule has 1 N–H and O–H groups in total. The van der Waals surface area contributed by atoms with Crippen molar-refractivity contribution < 1.29 is 14.3 Å². The van der Waals surface area contributed by atoms with Gasteiger partial charge in [0.05, 0.1) is 19.8 Å². The number of amides is 1. The lowest BCUT2D eigenvalue weighted by Gasteiger charge is -2.14. The summed E-state index contributed by atoms with van der Waals surface area (Å²) < 4.78 is 10.6. The summed E-state index contributed by atoms with van der Waals surface area (Å²) in [4.78, 5) is 12.1. The van der Waals surface area contributed by atoms with Gasteiger partial charge in [0, 0.05) is 12.1 Å². The van der Waals surface area contributed by atoms with Gasteiger partial charge in [0.25, 0.3) is 0 Å². The molecule has 0 aliphatic heterocycles. The standard InChI is InChI=1S/C18H25NO3/c1-21-16-10-7-11-17(22-2)15(16)12-13-18(20)19-14-8-5-3-4-6-9-14/h7,10-14H,3-6,8-9H2,1-2H3,(H,19,20)/b13-12+. The Balaban J connectivity index is 2.02. The first-order valence-corrected chi connectivity index (χ1v) is 7.94. The van der Waals surface area contributed by atoms with Crippen molar-refractivity contribution in [1.82, 2.24) is 5.32 Å². The second-order valence-corrected chi connectivity index (χ2v) is 5.61. The summed E-state index contributed by atoms with van der Waals surface area (Å²) in [6.45, 7) is 0. The van der Waals surface area contributed by atoms with Gasteiger partial charge < -0.3 is 14.8 Å². The monoisotopic (exact) mass is 303 g/mol. The molecule has 1 fully saturated rings. The lowest BCUT2D eigenvalue weighted by atomic mass is 10.1. The molecule has 0 saturated heterocycles. The van der Waals surface area contributed by atoms with E-state index in [2.05, 4.69) is 5.32 Å². The number of nitrogens with one attached hydrogen (secondary N) is 1. The number of hydrogen-bond donors (Lipinski definition) is 1. The molecule has 1 aliphatic carbocycles. The first kappa shape index (κ1) is 16.4. The number of carbonyl (C=O) groups excluding carboxylic acids is 1. The van der Waals surface area contributed by atoms with Crippen LogP contribution in [0.4, 0.5) is 0 Å². The summed E-state index contributed by atoms with van der Waals surface area (Å²) >= 11 is 0. The van der Waals surface area contributed by atoms with Gasteiger partial charge in [-0.25, -0.2) is 0 Å². The van der Waals surface area contributed by atoms with Crippen LogP contribution in [0.2, 0.25) is 0 Å². The van der Waals surface area contributed by atoms with E-state index in [-0.39, 0.29) is 5.91 Å². The van der Waals surface area contributed by atoms with E-state index < -0.39 is 0 Å². The maximum absolute atomic E-state index is 12.1. The smallest absolute Gasteiger partial charge is 0.244 e. The van der Waals surface area contributed by atoms with Gasteiger partial charge in [-0.2, -0.15) is 0 Å². The number of carbonyl (C=O) groups is 1. The van der Waals surface area contributed by atoms with Crippen molar-refractivity contribution in [3.05, 3.63) is 29.8 Å². The lowest BCUT2D eigenvalue weighted by molar-refractivity contribution is -0.117. The summed E-state index contributed by atoms with van der Waals surface area (Å²) in [6, 6.07) is 5.87. The Labute approximate surface area is 132 Å². The van der Waals surface area contributed by atoms with Gasteiger partial charge in [-0.3, -0.25) is 4.79 Å². The van der Waals surface area contributed by atoms with Gasteiger partial charge >= 0.3 is 0 Å². The summed E-state index contributed by atoms with van der Waals surface area (Å²) in [5.41, 5.74) is 0.781. The van der Waals surface area contributed by atoms with E-state index in [1.165, 1.54) is 25.7 Å². The maximum atomic E-state index is 12.1. The Hall–Kier alpha value is -1.97. The average Bonchev–Trinajstić information content (AvgIpc) is 2.81. The number of benzene rings is 1. The molecule has 0 heterocycles. The highest BCUT2D eigenvalue weighted by atomic mass is 16.5. The molecule has 1 aromatic rings. The van der Waals surface area contributed by atoms with Crippen molar-refractivity contribution in [2.75, 3.05) is 14.2 Å². The zero-order chi connectivity index (χ0) is 15.8. The fourth-order valence-corrected chi connectivity index (χ4v) is 2.88. The molecule has 0 radical (unpaired) electrons. The highest BCUT2D eigenvalue weighted by Crippen LogP contribution is 2.29. The molecule has 0 bridgehead atoms. The third-order valence-corrected chi connectivity index (χ3v) is 4.07. The molecule has 4 nitrogen and oxygen atoms in total. The SMILES string of the molecule is COc1cccc(OC)c1/C=C/C(=O)NC1CCCCCC1. The fourth-order valence-electron chi connectivity index (χ4n) is 2.88. The molecule has 1 saturated carbocycles. The number of ether oxygens (including phenoxy) is 2. The van der Waals surface area contributed by atoms with Crippen molar-refractivity contribution in [3.63, 3.8) is 0 Å². The van der Waals surface area contributed by atoms with Crippen molar-refractivity contribution in [1.29, 1.82) is 0 Å². The zero-order valence-electron chi connectivity index (χ0n) is 13.4. The minimum Gasteiger partial charge on any atom is -0.496 e. The highest BCUT2D eigenvalue weighted by Gasteiger charge is 2.13. The van der Waals surface area contributed by atoms with E-state index in [0.29, 0.717) is 17.5 Å². The summed E-state index contributed by atoms with van der Waals surface area (Å²) in [5, 5.41) is 3.10. The van der Waals surface area contributed by atoms with Gasteiger partial charge in [0.1, 0.15) is 11.5 Å². The molecule has 1 amide bonds. The van der Waals surface area contributed by atoms with E-state index >= 15 is 0 Å². The number of methoxy groups -OCH3 is 2. The molecule has 0 unspecified atom stereocenters. The molecule has 1 aromatic carbocycles. The van der Waals surface area contributed by atoms with Gasteiger partial charge in [0.2, 0.25) is 5.91 Å². The van der Waals surface area contributed by atoms with E-state index in [0.717, 1.165) is 18.4 Å². The first-order valence-electron chi connectivity index (χ1n) is 7.94. The van der Waals surface area contributed by atoms with Gasteiger partial charge in [-0.05, 0) is 31.1 Å². The lowest BCUT2D eigenvalue weighted by Crippen LogP contribution is -2.33. The van der Waals surface area contributed by atoms with E-state index in [4.69, 9.17) is 9.47 Å². The third-order valence-electron chi connectivity index (χ3n) is 4.07. The number of rotatable bonds is 5. The van der Waals surface area contributed by atoms with E-state index in [1.54, 1.807) is 26.4 Å². The normalized spacial score (nSPS) is 16.3. The van der Waals surface area contributed by atoms with Crippen LogP contribution in [0.1, 0.15) is 44.1 Å². The average molecular weight is 303 g/mol. The molecule has 0 atom stereocenters. The second-order valence-electron chi connectivity index (χ2n) is 5.61. The highest BCUT2D eigenvalue weighted by molar-refractivity contribution is 5.92. The van der Waals surface area contributed by atoms with E-state index in [1.807, 2.05) is 18.2 Å². The van der Waals surface area contributed by atoms with Crippen LogP contribution in [0.15, 0.2) is 24.3 Å². The summed E-state index contributed by atoms with van der Waals surface area (Å²) in [5.74, 6) is 1.33. The fraction of sp³-hybridized carbons (Fsp3) is 0.500. The Morgan fingerprint density at radius 3 is 2.23 bits per heavy atom. The molecular weight excluding hydrogens is 278 g/mol. The molecular formula is C18H25NO3. The minimum atomic E-state index is -0.0557. The maximum Gasteiger partial charge on any atom is 0.244 e. The van der Waals surface area contributed by atoms with Crippen molar-refractivity contribution in [3.8, 4) is 11.5 Å². The predicted molar refractivity (Wildman–Crippen MR) is 88.2 cm³/mol. The van der Waals surface area contributed by atoms with Crippen LogP contribution in [-0.4, -0.2) is 26.2 Å². The largest absolute Gasteiger partial charge is 0.496 e. The molecule has 22 heavy (non-hydrogen) atoms. The van der Waals surface area contributed by atoms with Crippen molar-refractivity contribution in [2.24, 2.45) is 0 Å². The Kier molecular flexibility index (Phi) is 6.31. The quantitative estimate of drug-likeness (QED) is 0.668. The van der Waals surface area contributed by atoms with Crippen LogP contribution >= 0.6 is 0 Å². The van der Waals surface area contributed by atoms with Gasteiger partial charge in [-0.1, -0.05) is 31.7 Å².